The summed E-state index contributed by atoms with van der Waals surface area (Å²) in [5, 5.41) is 6.49. The maximum Gasteiger partial charge on any atom is 0.268 e. The molecule has 1 aromatic heterocycles. The number of hydrogen-bond donors (Lipinski definition) is 2. The number of carbonyl (C=O) groups excluding carboxylic acids is 1. The summed E-state index contributed by atoms with van der Waals surface area (Å²) in [6.07, 6.45) is 3.90. The molecular weight excluding hydrogens is 294 g/mol. The van der Waals surface area contributed by atoms with Gasteiger partial charge in [-0.1, -0.05) is 0 Å². The number of amides is 1. The van der Waals surface area contributed by atoms with Gasteiger partial charge in [-0.3, -0.25) is 4.79 Å². The molecule has 4 nitrogen and oxygen atoms in total. The Morgan fingerprint density at radius 3 is 2.83 bits per heavy atom. The summed E-state index contributed by atoms with van der Waals surface area (Å²) >= 11 is 3.42. The van der Waals surface area contributed by atoms with Crippen molar-refractivity contribution in [2.75, 3.05) is 13.1 Å². The van der Waals surface area contributed by atoms with Crippen LogP contribution in [0, 0.1) is 0 Å². The van der Waals surface area contributed by atoms with Gasteiger partial charge in [0.15, 0.2) is 0 Å². The van der Waals surface area contributed by atoms with E-state index in [2.05, 4.69) is 33.5 Å². The van der Waals surface area contributed by atoms with Gasteiger partial charge in [-0.15, -0.1) is 0 Å². The zero-order valence-corrected chi connectivity index (χ0v) is 12.5. The first-order valence-electron chi connectivity index (χ1n) is 6.43. The first-order chi connectivity index (χ1) is 8.54. The number of aryl methyl sites for hydroxylation is 1. The monoisotopic (exact) mass is 313 g/mol. The highest BCUT2D eigenvalue weighted by Crippen LogP contribution is 2.20. The molecular formula is C13H20BrN3O. The molecule has 0 spiro atoms. The van der Waals surface area contributed by atoms with Crippen LogP contribution < -0.4 is 10.6 Å². The Labute approximate surface area is 116 Å². The van der Waals surface area contributed by atoms with E-state index in [4.69, 9.17) is 0 Å². The van der Waals surface area contributed by atoms with Crippen LogP contribution in [0.1, 0.15) is 37.2 Å². The third-order valence-corrected chi connectivity index (χ3v) is 3.99. The van der Waals surface area contributed by atoms with E-state index in [-0.39, 0.29) is 11.4 Å². The number of nitrogens with one attached hydrogen (secondary N) is 2. The van der Waals surface area contributed by atoms with Gasteiger partial charge in [-0.25, -0.2) is 0 Å². The second-order valence-electron chi connectivity index (χ2n) is 5.09. The van der Waals surface area contributed by atoms with Gasteiger partial charge in [0.2, 0.25) is 0 Å². The van der Waals surface area contributed by atoms with Crippen molar-refractivity contribution in [1.82, 2.24) is 15.2 Å². The number of piperidine rings is 1. The van der Waals surface area contributed by atoms with Crippen molar-refractivity contribution in [3.63, 3.8) is 0 Å². The van der Waals surface area contributed by atoms with Crippen molar-refractivity contribution in [1.29, 1.82) is 0 Å². The Balaban J connectivity index is 2.11. The van der Waals surface area contributed by atoms with Crippen molar-refractivity contribution >= 4 is 21.8 Å². The molecule has 1 aromatic rings. The SMILES string of the molecule is CCn1cc(Br)cc1C(=O)NC1(C)CCNCC1. The van der Waals surface area contributed by atoms with Gasteiger partial charge in [0.05, 0.1) is 0 Å². The van der Waals surface area contributed by atoms with Crippen LogP contribution in [0.3, 0.4) is 0 Å². The summed E-state index contributed by atoms with van der Waals surface area (Å²) in [5.41, 5.74) is 0.640. The second-order valence-corrected chi connectivity index (χ2v) is 6.01. The molecule has 1 saturated heterocycles. The van der Waals surface area contributed by atoms with Crippen LogP contribution in [0.4, 0.5) is 0 Å². The molecule has 0 atom stereocenters. The van der Waals surface area contributed by atoms with Crippen molar-refractivity contribution in [3.05, 3.63) is 22.4 Å². The molecule has 100 valence electrons. The predicted molar refractivity (Wildman–Crippen MR) is 75.8 cm³/mol. The highest BCUT2D eigenvalue weighted by molar-refractivity contribution is 9.10. The van der Waals surface area contributed by atoms with Gasteiger partial charge in [0, 0.05) is 22.8 Å². The van der Waals surface area contributed by atoms with E-state index in [9.17, 15) is 4.79 Å². The van der Waals surface area contributed by atoms with E-state index in [0.29, 0.717) is 0 Å². The fraction of sp³-hybridized carbons (Fsp3) is 0.615. The maximum atomic E-state index is 12.3. The van der Waals surface area contributed by atoms with Crippen LogP contribution in [0.5, 0.6) is 0 Å². The summed E-state index contributed by atoms with van der Waals surface area (Å²) in [5.74, 6) is 0.0203. The normalized spacial score (nSPS) is 18.6. The Kier molecular flexibility index (Phi) is 4.12. The molecule has 1 aliphatic rings. The van der Waals surface area contributed by atoms with Crippen molar-refractivity contribution < 1.29 is 4.79 Å². The van der Waals surface area contributed by atoms with Gasteiger partial charge in [-0.2, -0.15) is 0 Å². The van der Waals surface area contributed by atoms with Gasteiger partial charge in [-0.05, 0) is 61.8 Å². The zero-order valence-electron chi connectivity index (χ0n) is 10.9. The predicted octanol–water partition coefficient (Wildman–Crippen LogP) is 2.14. The molecule has 0 radical (unpaired) electrons. The van der Waals surface area contributed by atoms with E-state index < -0.39 is 0 Å². The highest BCUT2D eigenvalue weighted by Gasteiger charge is 2.29. The molecule has 2 N–H and O–H groups in total. The summed E-state index contributed by atoms with van der Waals surface area (Å²) in [4.78, 5) is 12.3. The van der Waals surface area contributed by atoms with Crippen LogP contribution in [0.2, 0.25) is 0 Å². The third-order valence-electron chi connectivity index (χ3n) is 3.56. The maximum absolute atomic E-state index is 12.3. The van der Waals surface area contributed by atoms with Crippen LogP contribution in [0.25, 0.3) is 0 Å². The first kappa shape index (κ1) is 13.6. The number of carbonyl (C=O) groups is 1. The average Bonchev–Trinajstić information content (AvgIpc) is 2.71. The number of aromatic nitrogens is 1. The van der Waals surface area contributed by atoms with Crippen molar-refractivity contribution in [2.45, 2.75) is 38.8 Å². The van der Waals surface area contributed by atoms with Gasteiger partial charge < -0.3 is 15.2 Å². The van der Waals surface area contributed by atoms with E-state index in [1.165, 1.54) is 0 Å². The topological polar surface area (TPSA) is 46.1 Å². The van der Waals surface area contributed by atoms with E-state index in [0.717, 1.165) is 42.6 Å². The standard InChI is InChI=1S/C13H20BrN3O/c1-3-17-9-10(14)8-11(17)12(18)16-13(2)4-6-15-7-5-13/h8-9,15H,3-7H2,1-2H3,(H,16,18). The lowest BCUT2D eigenvalue weighted by Gasteiger charge is -2.35. The fourth-order valence-corrected chi connectivity index (χ4v) is 2.83. The Hall–Kier alpha value is -0.810. The molecule has 0 saturated carbocycles. The molecule has 0 unspecified atom stereocenters. The number of nitrogens with zero attached hydrogens (tertiary/aromatic N) is 1. The van der Waals surface area contributed by atoms with Gasteiger partial charge in [0.1, 0.15) is 5.69 Å². The van der Waals surface area contributed by atoms with E-state index in [1.807, 2.05) is 23.8 Å². The molecule has 5 heteroatoms. The number of hydrogen-bond acceptors (Lipinski definition) is 2. The molecule has 2 heterocycles. The minimum atomic E-state index is -0.0857. The van der Waals surface area contributed by atoms with Crippen LogP contribution in [0.15, 0.2) is 16.7 Å². The third kappa shape index (κ3) is 2.95. The summed E-state index contributed by atoms with van der Waals surface area (Å²) < 4.78 is 2.91. The lowest BCUT2D eigenvalue weighted by atomic mass is 9.90. The van der Waals surface area contributed by atoms with E-state index >= 15 is 0 Å². The summed E-state index contributed by atoms with van der Waals surface area (Å²) in [6, 6.07) is 1.88. The largest absolute Gasteiger partial charge is 0.346 e. The fourth-order valence-electron chi connectivity index (χ4n) is 2.37. The average molecular weight is 314 g/mol. The summed E-state index contributed by atoms with van der Waals surface area (Å²) in [6.45, 7) is 6.90. The lowest BCUT2D eigenvalue weighted by Crippen LogP contribution is -2.52. The molecule has 1 aliphatic heterocycles. The van der Waals surface area contributed by atoms with Gasteiger partial charge in [0.25, 0.3) is 5.91 Å². The molecule has 0 bridgehead atoms. The number of halogens is 1. The zero-order chi connectivity index (χ0) is 13.2. The highest BCUT2D eigenvalue weighted by atomic mass is 79.9. The quantitative estimate of drug-likeness (QED) is 0.898. The Bertz CT molecular complexity index is 435. The smallest absolute Gasteiger partial charge is 0.268 e. The van der Waals surface area contributed by atoms with Crippen molar-refractivity contribution in [3.8, 4) is 0 Å². The number of rotatable bonds is 3. The Morgan fingerprint density at radius 1 is 1.56 bits per heavy atom. The second kappa shape index (κ2) is 5.45. The van der Waals surface area contributed by atoms with Crippen LogP contribution in [-0.4, -0.2) is 29.1 Å². The summed E-state index contributed by atoms with van der Waals surface area (Å²) in [7, 11) is 0. The molecule has 1 amide bonds. The minimum absolute atomic E-state index is 0.0203. The lowest BCUT2D eigenvalue weighted by molar-refractivity contribution is 0.0878. The van der Waals surface area contributed by atoms with E-state index in [1.54, 1.807) is 0 Å². The first-order valence-corrected chi connectivity index (χ1v) is 7.22. The van der Waals surface area contributed by atoms with Crippen molar-refractivity contribution in [2.24, 2.45) is 0 Å². The molecule has 2 rings (SSSR count). The molecule has 0 aromatic carbocycles. The van der Waals surface area contributed by atoms with Crippen LogP contribution in [-0.2, 0) is 6.54 Å². The molecule has 1 fully saturated rings. The minimum Gasteiger partial charge on any atom is -0.346 e. The molecule has 18 heavy (non-hydrogen) atoms. The van der Waals surface area contributed by atoms with Crippen LogP contribution >= 0.6 is 15.9 Å². The Morgan fingerprint density at radius 2 is 2.22 bits per heavy atom. The molecule has 0 aliphatic carbocycles. The van der Waals surface area contributed by atoms with Gasteiger partial charge >= 0.3 is 0 Å².